The van der Waals surface area contributed by atoms with Crippen molar-refractivity contribution in [3.63, 3.8) is 0 Å². The number of anilines is 2. The lowest BCUT2D eigenvalue weighted by Gasteiger charge is -2.14. The first kappa shape index (κ1) is 16.6. The van der Waals surface area contributed by atoms with Crippen molar-refractivity contribution in [1.29, 1.82) is 0 Å². The Morgan fingerprint density at radius 2 is 1.88 bits per heavy atom. The van der Waals surface area contributed by atoms with Gasteiger partial charge in [0.15, 0.2) is 0 Å². The van der Waals surface area contributed by atoms with Crippen LogP contribution >= 0.6 is 11.3 Å². The van der Waals surface area contributed by atoms with Crippen molar-refractivity contribution in [3.05, 3.63) is 35.1 Å². The third-order valence-corrected chi connectivity index (χ3v) is 4.61. The predicted octanol–water partition coefficient (Wildman–Crippen LogP) is 3.33. The van der Waals surface area contributed by atoms with Crippen LogP contribution in [0.15, 0.2) is 24.3 Å². The summed E-state index contributed by atoms with van der Waals surface area (Å²) in [5, 5.41) is 4.43. The molecule has 6 nitrogen and oxygen atoms in total. The van der Waals surface area contributed by atoms with Crippen LogP contribution in [-0.2, 0) is 6.42 Å². The predicted molar refractivity (Wildman–Crippen MR) is 100 cm³/mol. The van der Waals surface area contributed by atoms with Gasteiger partial charge < -0.3 is 10.2 Å². The Balaban J connectivity index is 1.69. The van der Waals surface area contributed by atoms with Gasteiger partial charge in [0.05, 0.1) is 15.2 Å². The van der Waals surface area contributed by atoms with Crippen molar-refractivity contribution in [3.8, 4) is 0 Å². The fourth-order valence-electron chi connectivity index (χ4n) is 2.23. The minimum absolute atomic E-state index is 0.261. The Morgan fingerprint density at radius 3 is 2.58 bits per heavy atom. The molecule has 2 aromatic heterocycles. The molecule has 24 heavy (non-hydrogen) atoms. The molecule has 3 aromatic rings. The topological polar surface area (TPSA) is 66.8 Å². The number of benzene rings is 1. The number of para-hydroxylation sites is 1. The summed E-state index contributed by atoms with van der Waals surface area (Å²) in [6, 6.07) is 8.22. The minimum atomic E-state index is 0.261. The second-order valence-electron chi connectivity index (χ2n) is 6.12. The van der Waals surface area contributed by atoms with E-state index in [-0.39, 0.29) is 5.92 Å². The number of nitrogens with zero attached hydrogens (tertiary/aromatic N) is 5. The Hall–Kier alpha value is -2.28. The van der Waals surface area contributed by atoms with Crippen LogP contribution < -0.4 is 10.2 Å². The molecule has 0 radical (unpaired) electrons. The van der Waals surface area contributed by atoms with Gasteiger partial charge in [-0.15, -0.1) is 11.3 Å². The molecule has 0 aliphatic heterocycles. The molecule has 1 N–H and O–H groups in total. The molecule has 126 valence electrons. The number of hydrogen-bond donors (Lipinski definition) is 1. The van der Waals surface area contributed by atoms with Crippen molar-refractivity contribution in [2.24, 2.45) is 0 Å². The lowest BCUT2D eigenvalue weighted by Crippen LogP contribution is -2.18. The van der Waals surface area contributed by atoms with E-state index < -0.39 is 0 Å². The molecule has 0 unspecified atom stereocenters. The monoisotopic (exact) mass is 342 g/mol. The number of nitrogens with one attached hydrogen (secondary N) is 1. The van der Waals surface area contributed by atoms with Crippen LogP contribution in [0.2, 0.25) is 0 Å². The summed E-state index contributed by atoms with van der Waals surface area (Å²) < 4.78 is 1.23. The lowest BCUT2D eigenvalue weighted by molar-refractivity contribution is 0.753. The molecular formula is C17H22N6S. The first-order valence-electron chi connectivity index (χ1n) is 8.04. The van der Waals surface area contributed by atoms with Gasteiger partial charge in [0, 0.05) is 33.0 Å². The highest BCUT2D eigenvalue weighted by Crippen LogP contribution is 2.22. The number of fused-ring (bicyclic) bond motifs is 1. The normalized spacial score (nSPS) is 11.2. The van der Waals surface area contributed by atoms with Gasteiger partial charge in [-0.3, -0.25) is 0 Å². The van der Waals surface area contributed by atoms with Crippen LogP contribution in [-0.4, -0.2) is 40.6 Å². The van der Waals surface area contributed by atoms with Gasteiger partial charge in [-0.2, -0.15) is 15.0 Å². The van der Waals surface area contributed by atoms with Crippen molar-refractivity contribution in [2.45, 2.75) is 26.2 Å². The standard InChI is InChI=1S/C17H22N6S/c1-11(2)15-20-16(22-17(21-15)23(3)4)18-10-9-14-19-12-7-5-6-8-13(12)24-14/h5-8,11H,9-10H2,1-4H3,(H,18,20,21,22). The zero-order valence-electron chi connectivity index (χ0n) is 14.4. The van der Waals surface area contributed by atoms with E-state index in [0.717, 1.165) is 29.3 Å². The summed E-state index contributed by atoms with van der Waals surface area (Å²) >= 11 is 1.74. The Morgan fingerprint density at radius 1 is 1.08 bits per heavy atom. The maximum absolute atomic E-state index is 4.65. The maximum atomic E-state index is 4.65. The fourth-order valence-corrected chi connectivity index (χ4v) is 3.19. The molecule has 0 spiro atoms. The van der Waals surface area contributed by atoms with E-state index in [1.807, 2.05) is 37.2 Å². The SMILES string of the molecule is CC(C)c1nc(NCCc2nc3ccccc3s2)nc(N(C)C)n1. The molecule has 1 aromatic carbocycles. The average Bonchev–Trinajstić information content (AvgIpc) is 2.97. The fraction of sp³-hybridized carbons (Fsp3) is 0.412. The summed E-state index contributed by atoms with van der Waals surface area (Å²) in [4.78, 5) is 20.0. The van der Waals surface area contributed by atoms with E-state index in [2.05, 4.69) is 45.2 Å². The Kier molecular flexibility index (Phi) is 4.89. The Labute approximate surface area is 146 Å². The summed E-state index contributed by atoms with van der Waals surface area (Å²) in [7, 11) is 3.87. The third kappa shape index (κ3) is 3.79. The molecule has 7 heteroatoms. The van der Waals surface area contributed by atoms with E-state index in [9.17, 15) is 0 Å². The van der Waals surface area contributed by atoms with Crippen molar-refractivity contribution >= 4 is 33.5 Å². The van der Waals surface area contributed by atoms with E-state index in [0.29, 0.717) is 11.9 Å². The first-order chi connectivity index (χ1) is 11.5. The number of rotatable bonds is 6. The summed E-state index contributed by atoms with van der Waals surface area (Å²) in [6.45, 7) is 4.91. The quantitative estimate of drug-likeness (QED) is 0.741. The zero-order chi connectivity index (χ0) is 17.1. The van der Waals surface area contributed by atoms with E-state index in [1.54, 1.807) is 11.3 Å². The molecule has 0 saturated heterocycles. The molecule has 0 fully saturated rings. The number of aromatic nitrogens is 4. The van der Waals surface area contributed by atoms with Gasteiger partial charge in [0.1, 0.15) is 5.82 Å². The van der Waals surface area contributed by atoms with Gasteiger partial charge in [0.2, 0.25) is 11.9 Å². The van der Waals surface area contributed by atoms with Gasteiger partial charge >= 0.3 is 0 Å². The van der Waals surface area contributed by atoms with Crippen LogP contribution in [0.4, 0.5) is 11.9 Å². The van der Waals surface area contributed by atoms with Crippen LogP contribution in [0.25, 0.3) is 10.2 Å². The highest BCUT2D eigenvalue weighted by atomic mass is 32.1. The van der Waals surface area contributed by atoms with Crippen LogP contribution in [0.5, 0.6) is 0 Å². The van der Waals surface area contributed by atoms with Gasteiger partial charge in [-0.05, 0) is 12.1 Å². The third-order valence-electron chi connectivity index (χ3n) is 3.52. The highest BCUT2D eigenvalue weighted by Gasteiger charge is 2.11. The van der Waals surface area contributed by atoms with Crippen molar-refractivity contribution in [2.75, 3.05) is 30.9 Å². The maximum Gasteiger partial charge on any atom is 0.229 e. The van der Waals surface area contributed by atoms with E-state index in [4.69, 9.17) is 0 Å². The summed E-state index contributed by atoms with van der Waals surface area (Å²) in [5.74, 6) is 2.36. The molecule has 2 heterocycles. The highest BCUT2D eigenvalue weighted by molar-refractivity contribution is 7.18. The van der Waals surface area contributed by atoms with Crippen LogP contribution in [0.3, 0.4) is 0 Å². The molecule has 0 aliphatic rings. The summed E-state index contributed by atoms with van der Waals surface area (Å²) in [5.41, 5.74) is 1.06. The smallest absolute Gasteiger partial charge is 0.229 e. The van der Waals surface area contributed by atoms with Gasteiger partial charge in [-0.1, -0.05) is 26.0 Å². The van der Waals surface area contributed by atoms with Crippen LogP contribution in [0.1, 0.15) is 30.6 Å². The average molecular weight is 342 g/mol. The molecule has 3 rings (SSSR count). The second kappa shape index (κ2) is 7.09. The van der Waals surface area contributed by atoms with E-state index in [1.165, 1.54) is 4.70 Å². The van der Waals surface area contributed by atoms with Crippen molar-refractivity contribution in [1.82, 2.24) is 19.9 Å². The van der Waals surface area contributed by atoms with E-state index >= 15 is 0 Å². The minimum Gasteiger partial charge on any atom is -0.354 e. The second-order valence-corrected chi connectivity index (χ2v) is 7.23. The molecule has 0 atom stereocenters. The van der Waals surface area contributed by atoms with Crippen LogP contribution in [0, 0.1) is 0 Å². The molecule has 0 bridgehead atoms. The number of hydrogen-bond acceptors (Lipinski definition) is 7. The molecule has 0 saturated carbocycles. The lowest BCUT2D eigenvalue weighted by atomic mass is 10.2. The molecular weight excluding hydrogens is 320 g/mol. The summed E-state index contributed by atoms with van der Waals surface area (Å²) in [6.07, 6.45) is 0.847. The van der Waals surface area contributed by atoms with Gasteiger partial charge in [0.25, 0.3) is 0 Å². The Bertz CT molecular complexity index is 768. The molecule has 0 amide bonds. The number of thiazole rings is 1. The van der Waals surface area contributed by atoms with Gasteiger partial charge in [-0.25, -0.2) is 4.98 Å². The largest absolute Gasteiger partial charge is 0.354 e. The molecule has 0 aliphatic carbocycles. The zero-order valence-corrected chi connectivity index (χ0v) is 15.3. The first-order valence-corrected chi connectivity index (χ1v) is 8.86. The van der Waals surface area contributed by atoms with Crippen molar-refractivity contribution < 1.29 is 0 Å².